The number of morpholine rings is 1. The molecular weight excluding hydrogens is 284 g/mol. The fourth-order valence-electron chi connectivity index (χ4n) is 2.88. The van der Waals surface area contributed by atoms with Crippen LogP contribution in [0, 0.1) is 0 Å². The van der Waals surface area contributed by atoms with Crippen LogP contribution in [0.1, 0.15) is 16.8 Å². The van der Waals surface area contributed by atoms with Crippen molar-refractivity contribution in [1.82, 2.24) is 9.47 Å². The fraction of sp³-hybridized carbons (Fsp3) is 0.375. The molecule has 1 atom stereocenters. The molecule has 2 heterocycles. The number of ether oxygens (including phenoxy) is 1. The van der Waals surface area contributed by atoms with Crippen LogP contribution in [0.15, 0.2) is 30.5 Å². The highest BCUT2D eigenvalue weighted by atomic mass is 16.5. The van der Waals surface area contributed by atoms with Crippen LogP contribution < -0.4 is 0 Å². The molecule has 1 amide bonds. The number of carboxylic acids is 1. The van der Waals surface area contributed by atoms with Crippen LogP contribution in [0.25, 0.3) is 10.9 Å². The first-order chi connectivity index (χ1) is 10.6. The first kappa shape index (κ1) is 14.6. The first-order valence-electron chi connectivity index (χ1n) is 7.23. The summed E-state index contributed by atoms with van der Waals surface area (Å²) in [6.45, 7) is 1.17. The number of aromatic nitrogens is 1. The molecule has 22 heavy (non-hydrogen) atoms. The van der Waals surface area contributed by atoms with E-state index in [-0.39, 0.29) is 12.3 Å². The van der Waals surface area contributed by atoms with E-state index >= 15 is 0 Å². The average Bonchev–Trinajstić information content (AvgIpc) is 2.88. The van der Waals surface area contributed by atoms with Gasteiger partial charge in [0, 0.05) is 42.8 Å². The van der Waals surface area contributed by atoms with Crippen molar-refractivity contribution < 1.29 is 19.4 Å². The summed E-state index contributed by atoms with van der Waals surface area (Å²) in [5.41, 5.74) is 1.65. The SMILES string of the molecule is Cn1ccc2c(C(=O)N3CCOC(CC(=O)O)C3)cccc21. The Bertz CT molecular complexity index is 722. The topological polar surface area (TPSA) is 71.8 Å². The molecule has 1 aliphatic heterocycles. The third kappa shape index (κ3) is 2.69. The normalized spacial score (nSPS) is 18.6. The fourth-order valence-corrected chi connectivity index (χ4v) is 2.88. The van der Waals surface area contributed by atoms with E-state index in [2.05, 4.69) is 0 Å². The van der Waals surface area contributed by atoms with E-state index in [1.165, 1.54) is 0 Å². The second-order valence-corrected chi connectivity index (χ2v) is 5.51. The van der Waals surface area contributed by atoms with E-state index in [1.807, 2.05) is 42.1 Å². The molecule has 0 bridgehead atoms. The van der Waals surface area contributed by atoms with Crippen molar-refractivity contribution in [3.05, 3.63) is 36.0 Å². The maximum absolute atomic E-state index is 12.8. The minimum Gasteiger partial charge on any atom is -0.481 e. The van der Waals surface area contributed by atoms with Gasteiger partial charge in [-0.05, 0) is 18.2 Å². The number of nitrogens with zero attached hydrogens (tertiary/aromatic N) is 2. The molecule has 1 fully saturated rings. The van der Waals surface area contributed by atoms with Crippen molar-refractivity contribution in [2.24, 2.45) is 7.05 Å². The van der Waals surface area contributed by atoms with Crippen molar-refractivity contribution in [2.45, 2.75) is 12.5 Å². The molecule has 2 aromatic rings. The number of aryl methyl sites for hydroxylation is 1. The molecule has 1 unspecified atom stereocenters. The van der Waals surface area contributed by atoms with Gasteiger partial charge < -0.3 is 19.3 Å². The highest BCUT2D eigenvalue weighted by Gasteiger charge is 2.27. The minimum atomic E-state index is -0.913. The number of hydrogen-bond donors (Lipinski definition) is 1. The van der Waals surface area contributed by atoms with E-state index in [4.69, 9.17) is 9.84 Å². The molecule has 1 saturated heterocycles. The van der Waals surface area contributed by atoms with Gasteiger partial charge in [0.05, 0.1) is 19.1 Å². The largest absolute Gasteiger partial charge is 0.481 e. The van der Waals surface area contributed by atoms with Gasteiger partial charge in [-0.1, -0.05) is 6.07 Å². The van der Waals surface area contributed by atoms with Crippen LogP contribution in [0.3, 0.4) is 0 Å². The Kier molecular flexibility index (Phi) is 3.85. The summed E-state index contributed by atoms with van der Waals surface area (Å²) in [5.74, 6) is -0.986. The standard InChI is InChI=1S/C16H18N2O4/c1-17-6-5-12-13(3-2-4-14(12)17)16(21)18-7-8-22-11(10-18)9-15(19)20/h2-6,11H,7-10H2,1H3,(H,19,20). The van der Waals surface area contributed by atoms with Gasteiger partial charge in [-0.2, -0.15) is 0 Å². The molecule has 0 aliphatic carbocycles. The lowest BCUT2D eigenvalue weighted by atomic mass is 10.1. The van der Waals surface area contributed by atoms with Crippen molar-refractivity contribution in [3.63, 3.8) is 0 Å². The van der Waals surface area contributed by atoms with E-state index < -0.39 is 12.1 Å². The van der Waals surface area contributed by atoms with Gasteiger partial charge in [-0.3, -0.25) is 9.59 Å². The Labute approximate surface area is 127 Å². The number of hydrogen-bond acceptors (Lipinski definition) is 3. The zero-order valence-corrected chi connectivity index (χ0v) is 12.4. The molecule has 0 spiro atoms. The van der Waals surface area contributed by atoms with Gasteiger partial charge in [0.2, 0.25) is 0 Å². The molecule has 1 aromatic heterocycles. The number of rotatable bonds is 3. The number of carbonyl (C=O) groups excluding carboxylic acids is 1. The van der Waals surface area contributed by atoms with Crippen LogP contribution in [-0.2, 0) is 16.6 Å². The summed E-state index contributed by atoms with van der Waals surface area (Å²) in [4.78, 5) is 25.3. The molecule has 3 rings (SSSR count). The second-order valence-electron chi connectivity index (χ2n) is 5.51. The van der Waals surface area contributed by atoms with Gasteiger partial charge in [0.1, 0.15) is 0 Å². The first-order valence-corrected chi connectivity index (χ1v) is 7.23. The Morgan fingerprint density at radius 1 is 1.36 bits per heavy atom. The molecule has 0 radical (unpaired) electrons. The monoisotopic (exact) mass is 302 g/mol. The Morgan fingerprint density at radius 3 is 2.95 bits per heavy atom. The van der Waals surface area contributed by atoms with E-state index in [0.717, 1.165) is 10.9 Å². The molecule has 6 nitrogen and oxygen atoms in total. The van der Waals surface area contributed by atoms with Crippen LogP contribution in [0.4, 0.5) is 0 Å². The van der Waals surface area contributed by atoms with Crippen LogP contribution in [-0.4, -0.2) is 52.3 Å². The lowest BCUT2D eigenvalue weighted by Gasteiger charge is -2.32. The summed E-state index contributed by atoms with van der Waals surface area (Å²) in [7, 11) is 1.94. The number of benzene rings is 1. The van der Waals surface area contributed by atoms with E-state index in [0.29, 0.717) is 25.3 Å². The summed E-state index contributed by atoms with van der Waals surface area (Å²) >= 11 is 0. The van der Waals surface area contributed by atoms with Crippen LogP contribution >= 0.6 is 0 Å². The lowest BCUT2D eigenvalue weighted by Crippen LogP contribution is -2.46. The van der Waals surface area contributed by atoms with Gasteiger partial charge in [-0.25, -0.2) is 0 Å². The molecule has 6 heteroatoms. The summed E-state index contributed by atoms with van der Waals surface area (Å²) in [5, 5.41) is 9.78. The summed E-state index contributed by atoms with van der Waals surface area (Å²) in [6, 6.07) is 7.58. The van der Waals surface area contributed by atoms with Crippen LogP contribution in [0.5, 0.6) is 0 Å². The molecule has 0 saturated carbocycles. The van der Waals surface area contributed by atoms with Crippen molar-refractivity contribution in [2.75, 3.05) is 19.7 Å². The third-order valence-electron chi connectivity index (χ3n) is 3.99. The van der Waals surface area contributed by atoms with Gasteiger partial charge in [-0.15, -0.1) is 0 Å². The van der Waals surface area contributed by atoms with Gasteiger partial charge in [0.15, 0.2) is 0 Å². The summed E-state index contributed by atoms with van der Waals surface area (Å²) < 4.78 is 7.39. The van der Waals surface area contributed by atoms with E-state index in [1.54, 1.807) is 4.90 Å². The van der Waals surface area contributed by atoms with Crippen molar-refractivity contribution in [1.29, 1.82) is 0 Å². The molecule has 116 valence electrons. The summed E-state index contributed by atoms with van der Waals surface area (Å²) in [6.07, 6.45) is 1.40. The average molecular weight is 302 g/mol. The number of aliphatic carboxylic acids is 1. The maximum atomic E-state index is 12.8. The highest BCUT2D eigenvalue weighted by molar-refractivity contribution is 6.06. The van der Waals surface area contributed by atoms with Crippen LogP contribution in [0.2, 0.25) is 0 Å². The number of fused-ring (bicyclic) bond motifs is 1. The maximum Gasteiger partial charge on any atom is 0.306 e. The predicted octanol–water partition coefficient (Wildman–Crippen LogP) is 1.49. The number of amides is 1. The Morgan fingerprint density at radius 2 is 2.18 bits per heavy atom. The minimum absolute atomic E-state index is 0.0736. The van der Waals surface area contributed by atoms with Gasteiger partial charge >= 0.3 is 5.97 Å². The molecule has 1 aromatic carbocycles. The quantitative estimate of drug-likeness (QED) is 0.932. The number of carboxylic acid groups (broad SMARTS) is 1. The van der Waals surface area contributed by atoms with Crippen molar-refractivity contribution >= 4 is 22.8 Å². The number of carbonyl (C=O) groups is 2. The Hall–Kier alpha value is -2.34. The lowest BCUT2D eigenvalue weighted by molar-refractivity contribution is -0.141. The molecular formula is C16H18N2O4. The zero-order chi connectivity index (χ0) is 15.7. The smallest absolute Gasteiger partial charge is 0.306 e. The predicted molar refractivity (Wildman–Crippen MR) is 80.8 cm³/mol. The van der Waals surface area contributed by atoms with E-state index in [9.17, 15) is 9.59 Å². The molecule has 1 N–H and O–H groups in total. The van der Waals surface area contributed by atoms with Crippen molar-refractivity contribution in [3.8, 4) is 0 Å². The highest BCUT2D eigenvalue weighted by Crippen LogP contribution is 2.22. The zero-order valence-electron chi connectivity index (χ0n) is 12.4. The third-order valence-corrected chi connectivity index (χ3v) is 3.99. The molecule has 1 aliphatic rings. The van der Waals surface area contributed by atoms with Gasteiger partial charge in [0.25, 0.3) is 5.91 Å². The second kappa shape index (κ2) is 5.81. The Balaban J connectivity index is 1.84.